The van der Waals surface area contributed by atoms with Crippen molar-refractivity contribution in [3.63, 3.8) is 0 Å². The smallest absolute Gasteiger partial charge is 0.343 e. The van der Waals surface area contributed by atoms with Gasteiger partial charge >= 0.3 is 5.97 Å². The molecule has 3 rings (SSSR count). The number of Topliss-reactive ketones (excluding diaryl/α,β-unsaturated/α-hetero) is 1. The molecular formula is C17H15Cl2N3O5. The van der Waals surface area contributed by atoms with E-state index in [9.17, 15) is 19.2 Å². The first-order valence-electron chi connectivity index (χ1n) is 8.00. The third kappa shape index (κ3) is 3.63. The molecule has 0 spiro atoms. The second-order valence-electron chi connectivity index (χ2n) is 5.92. The number of benzene rings is 1. The molecule has 1 saturated heterocycles. The minimum Gasteiger partial charge on any atom is -0.465 e. The van der Waals surface area contributed by atoms with Crippen molar-refractivity contribution in [1.29, 1.82) is 0 Å². The molecule has 2 aliphatic heterocycles. The summed E-state index contributed by atoms with van der Waals surface area (Å²) in [5.41, 5.74) is -0.167. The van der Waals surface area contributed by atoms with Crippen molar-refractivity contribution in [2.24, 2.45) is 0 Å². The third-order valence-electron chi connectivity index (χ3n) is 4.29. The van der Waals surface area contributed by atoms with E-state index in [0.29, 0.717) is 10.7 Å². The van der Waals surface area contributed by atoms with Crippen LogP contribution in [-0.2, 0) is 23.9 Å². The van der Waals surface area contributed by atoms with Crippen molar-refractivity contribution < 1.29 is 23.9 Å². The van der Waals surface area contributed by atoms with Gasteiger partial charge in [0.2, 0.25) is 5.91 Å². The fraction of sp³-hybridized carbons (Fsp3) is 0.294. The SMILES string of the molecule is COC(=O)C1=C2C(=O)NCCN2[C@@H](C(=O)Nc2ccc(Cl)cc2Cl)CC1=O. The Labute approximate surface area is 164 Å². The van der Waals surface area contributed by atoms with Gasteiger partial charge in [0.1, 0.15) is 17.3 Å². The molecule has 1 fully saturated rings. The summed E-state index contributed by atoms with van der Waals surface area (Å²) < 4.78 is 4.62. The number of carbonyl (C=O) groups excluding carboxylic acids is 4. The molecule has 0 aliphatic carbocycles. The fourth-order valence-corrected chi connectivity index (χ4v) is 3.51. The Balaban J connectivity index is 1.94. The van der Waals surface area contributed by atoms with E-state index in [-0.39, 0.29) is 35.8 Å². The summed E-state index contributed by atoms with van der Waals surface area (Å²) in [5.74, 6) is -2.66. The topological polar surface area (TPSA) is 105 Å². The van der Waals surface area contributed by atoms with Gasteiger partial charge in [-0.2, -0.15) is 0 Å². The highest BCUT2D eigenvalue weighted by atomic mass is 35.5. The van der Waals surface area contributed by atoms with Crippen LogP contribution in [0.25, 0.3) is 0 Å². The van der Waals surface area contributed by atoms with Gasteiger partial charge in [-0.25, -0.2) is 4.79 Å². The molecule has 0 radical (unpaired) electrons. The quantitative estimate of drug-likeness (QED) is 0.570. The Bertz CT molecular complexity index is 883. The zero-order chi connectivity index (χ0) is 19.7. The van der Waals surface area contributed by atoms with E-state index < -0.39 is 29.6 Å². The van der Waals surface area contributed by atoms with Crippen LogP contribution < -0.4 is 10.6 Å². The maximum absolute atomic E-state index is 12.8. The number of nitrogens with zero attached hydrogens (tertiary/aromatic N) is 1. The van der Waals surface area contributed by atoms with Crippen molar-refractivity contribution in [2.75, 3.05) is 25.5 Å². The zero-order valence-corrected chi connectivity index (χ0v) is 15.7. The van der Waals surface area contributed by atoms with Crippen LogP contribution in [0.4, 0.5) is 5.69 Å². The lowest BCUT2D eigenvalue weighted by atomic mass is 9.92. The number of rotatable bonds is 3. The van der Waals surface area contributed by atoms with E-state index in [1.165, 1.54) is 17.0 Å². The lowest BCUT2D eigenvalue weighted by molar-refractivity contribution is -0.141. The first-order valence-corrected chi connectivity index (χ1v) is 8.75. The first-order chi connectivity index (χ1) is 12.8. The van der Waals surface area contributed by atoms with Gasteiger partial charge in [0.25, 0.3) is 5.91 Å². The van der Waals surface area contributed by atoms with Gasteiger partial charge in [0.15, 0.2) is 5.78 Å². The van der Waals surface area contributed by atoms with E-state index in [1.807, 2.05) is 0 Å². The average molecular weight is 412 g/mol. The Hall–Kier alpha value is -2.58. The van der Waals surface area contributed by atoms with Crippen molar-refractivity contribution in [2.45, 2.75) is 12.5 Å². The molecule has 0 unspecified atom stereocenters. The average Bonchev–Trinajstić information content (AvgIpc) is 2.63. The number of anilines is 1. The Kier molecular flexibility index (Phi) is 5.38. The number of esters is 1. The van der Waals surface area contributed by atoms with E-state index in [0.717, 1.165) is 7.11 Å². The lowest BCUT2D eigenvalue weighted by Gasteiger charge is -2.40. The monoisotopic (exact) mass is 411 g/mol. The summed E-state index contributed by atoms with van der Waals surface area (Å²) in [7, 11) is 1.12. The van der Waals surface area contributed by atoms with Crippen LogP contribution >= 0.6 is 23.2 Å². The number of hydrogen-bond donors (Lipinski definition) is 2. The molecule has 8 nitrogen and oxygen atoms in total. The van der Waals surface area contributed by atoms with Crippen LogP contribution in [-0.4, -0.2) is 54.7 Å². The van der Waals surface area contributed by atoms with Crippen molar-refractivity contribution in [3.8, 4) is 0 Å². The van der Waals surface area contributed by atoms with Gasteiger partial charge in [0.05, 0.1) is 17.8 Å². The summed E-state index contributed by atoms with van der Waals surface area (Å²) in [6.07, 6.45) is -0.266. The van der Waals surface area contributed by atoms with Crippen LogP contribution in [0.15, 0.2) is 29.5 Å². The number of methoxy groups -OCH3 is 1. The normalized spacial score (nSPS) is 19.4. The molecule has 0 saturated carbocycles. The molecule has 2 aliphatic rings. The summed E-state index contributed by atoms with van der Waals surface area (Å²) >= 11 is 11.9. The molecule has 0 aromatic heterocycles. The largest absolute Gasteiger partial charge is 0.465 e. The van der Waals surface area contributed by atoms with Crippen molar-refractivity contribution in [1.82, 2.24) is 10.2 Å². The number of piperazine rings is 1. The Morgan fingerprint density at radius 1 is 1.30 bits per heavy atom. The molecule has 2 N–H and O–H groups in total. The van der Waals surface area contributed by atoms with E-state index in [4.69, 9.17) is 23.2 Å². The Morgan fingerprint density at radius 3 is 2.70 bits per heavy atom. The molecule has 10 heteroatoms. The third-order valence-corrected chi connectivity index (χ3v) is 4.84. The Morgan fingerprint density at radius 2 is 2.04 bits per heavy atom. The molecule has 2 amide bonds. The van der Waals surface area contributed by atoms with Gasteiger partial charge in [-0.05, 0) is 18.2 Å². The summed E-state index contributed by atoms with van der Waals surface area (Å²) in [4.78, 5) is 51.0. The second kappa shape index (κ2) is 7.58. The van der Waals surface area contributed by atoms with Crippen LogP contribution in [0.1, 0.15) is 6.42 Å². The minimum atomic E-state index is -0.960. The molecule has 2 heterocycles. The maximum Gasteiger partial charge on any atom is 0.343 e. The molecule has 27 heavy (non-hydrogen) atoms. The summed E-state index contributed by atoms with van der Waals surface area (Å²) in [6.45, 7) is 0.539. The number of halogens is 2. The molecule has 0 bridgehead atoms. The predicted molar refractivity (Wildman–Crippen MR) is 97.3 cm³/mol. The number of amides is 2. The van der Waals surface area contributed by atoms with Crippen molar-refractivity contribution >= 4 is 52.5 Å². The lowest BCUT2D eigenvalue weighted by Crippen LogP contribution is -2.57. The maximum atomic E-state index is 12.8. The highest BCUT2D eigenvalue weighted by Gasteiger charge is 2.44. The molecular weight excluding hydrogens is 397 g/mol. The number of carbonyl (C=O) groups is 4. The van der Waals surface area contributed by atoms with E-state index in [1.54, 1.807) is 6.07 Å². The highest BCUT2D eigenvalue weighted by Crippen LogP contribution is 2.30. The number of ether oxygens (including phenoxy) is 1. The molecule has 142 valence electrons. The minimum absolute atomic E-state index is 0.147. The zero-order valence-electron chi connectivity index (χ0n) is 14.2. The highest BCUT2D eigenvalue weighted by molar-refractivity contribution is 6.36. The summed E-state index contributed by atoms with van der Waals surface area (Å²) in [6, 6.07) is 3.61. The van der Waals surface area contributed by atoms with Gasteiger partial charge in [-0.3, -0.25) is 14.4 Å². The standard InChI is InChI=1S/C17H15Cl2N3O5/c1-27-17(26)13-12(23)7-11(22-5-4-20-16(25)14(13)22)15(24)21-10-3-2-8(18)6-9(10)19/h2-3,6,11H,4-5,7H2,1H3,(H,20,25)(H,21,24)/t11-/m1/s1. The van der Waals surface area contributed by atoms with Crippen LogP contribution in [0.3, 0.4) is 0 Å². The number of fused-ring (bicyclic) bond motifs is 1. The molecule has 1 aromatic carbocycles. The fourth-order valence-electron chi connectivity index (χ4n) is 3.06. The van der Waals surface area contributed by atoms with Gasteiger partial charge in [0, 0.05) is 24.5 Å². The van der Waals surface area contributed by atoms with Crippen molar-refractivity contribution in [3.05, 3.63) is 39.5 Å². The van der Waals surface area contributed by atoms with E-state index >= 15 is 0 Å². The predicted octanol–water partition coefficient (Wildman–Crippen LogP) is 1.13. The second-order valence-corrected chi connectivity index (χ2v) is 6.76. The summed E-state index contributed by atoms with van der Waals surface area (Å²) in [5, 5.41) is 5.85. The number of nitrogens with one attached hydrogen (secondary N) is 2. The van der Waals surface area contributed by atoms with Gasteiger partial charge < -0.3 is 20.3 Å². The first kappa shape index (κ1) is 19.2. The van der Waals surface area contributed by atoms with Crippen LogP contribution in [0.2, 0.25) is 10.0 Å². The van der Waals surface area contributed by atoms with Crippen LogP contribution in [0, 0.1) is 0 Å². The molecule has 1 atom stereocenters. The number of hydrogen-bond acceptors (Lipinski definition) is 6. The number of ketones is 1. The van der Waals surface area contributed by atoms with Gasteiger partial charge in [-0.15, -0.1) is 0 Å². The van der Waals surface area contributed by atoms with Crippen LogP contribution in [0.5, 0.6) is 0 Å². The van der Waals surface area contributed by atoms with Gasteiger partial charge in [-0.1, -0.05) is 23.2 Å². The van der Waals surface area contributed by atoms with E-state index in [2.05, 4.69) is 15.4 Å². The molecule has 1 aromatic rings.